The molecule has 0 aromatic heterocycles. The monoisotopic (exact) mass is 269 g/mol. The highest BCUT2D eigenvalue weighted by Crippen LogP contribution is 2.10. The van der Waals surface area contributed by atoms with Crippen LogP contribution in [0, 0.1) is 6.92 Å². The van der Waals surface area contributed by atoms with Gasteiger partial charge in [-0.2, -0.15) is 0 Å². The fraction of sp³-hybridized carbons (Fsp3) is 0.538. The van der Waals surface area contributed by atoms with E-state index in [0.717, 1.165) is 18.4 Å². The molecule has 1 aromatic carbocycles. The molecule has 0 aliphatic rings. The van der Waals surface area contributed by atoms with Gasteiger partial charge in [-0.1, -0.05) is 47.1 Å². The van der Waals surface area contributed by atoms with Crippen LogP contribution in [0.1, 0.15) is 24.5 Å². The highest BCUT2D eigenvalue weighted by molar-refractivity contribution is 9.09. The minimum atomic E-state index is 1.08. The first-order valence-electron chi connectivity index (χ1n) is 5.60. The normalized spacial score (nSPS) is 10.9. The number of halogens is 1. The molecule has 0 heterocycles. The summed E-state index contributed by atoms with van der Waals surface area (Å²) in [5.74, 6) is 0. The zero-order chi connectivity index (χ0) is 11.1. The van der Waals surface area contributed by atoms with Crippen LogP contribution in [-0.4, -0.2) is 23.3 Å². The van der Waals surface area contributed by atoms with Gasteiger partial charge in [0.2, 0.25) is 0 Å². The minimum Gasteiger partial charge on any atom is -0.299 e. The summed E-state index contributed by atoms with van der Waals surface area (Å²) in [5.41, 5.74) is 2.85. The molecule has 15 heavy (non-hydrogen) atoms. The van der Waals surface area contributed by atoms with Crippen molar-refractivity contribution in [2.45, 2.75) is 26.8 Å². The second-order valence-corrected chi connectivity index (χ2v) is 4.63. The highest BCUT2D eigenvalue weighted by Gasteiger charge is 2.04. The second-order valence-electron chi connectivity index (χ2n) is 3.84. The molecule has 0 unspecified atom stereocenters. The van der Waals surface area contributed by atoms with Gasteiger partial charge in [-0.3, -0.25) is 4.90 Å². The van der Waals surface area contributed by atoms with Crippen molar-refractivity contribution in [1.82, 2.24) is 4.90 Å². The van der Waals surface area contributed by atoms with Crippen molar-refractivity contribution in [2.75, 3.05) is 18.4 Å². The molecule has 0 fully saturated rings. The smallest absolute Gasteiger partial charge is 0.0236 e. The Kier molecular flexibility index (Phi) is 5.96. The van der Waals surface area contributed by atoms with Crippen molar-refractivity contribution in [1.29, 1.82) is 0 Å². The van der Waals surface area contributed by atoms with E-state index in [9.17, 15) is 0 Å². The summed E-state index contributed by atoms with van der Waals surface area (Å²) in [6.45, 7) is 7.80. The van der Waals surface area contributed by atoms with Crippen LogP contribution in [0.5, 0.6) is 0 Å². The molecule has 0 atom stereocenters. The maximum Gasteiger partial charge on any atom is 0.0236 e. The van der Waals surface area contributed by atoms with Crippen molar-refractivity contribution < 1.29 is 0 Å². The summed E-state index contributed by atoms with van der Waals surface area (Å²) in [6, 6.07) is 8.65. The summed E-state index contributed by atoms with van der Waals surface area (Å²) >= 11 is 3.48. The Morgan fingerprint density at radius 3 is 2.60 bits per heavy atom. The van der Waals surface area contributed by atoms with E-state index in [1.165, 1.54) is 24.1 Å². The number of alkyl halides is 1. The highest BCUT2D eigenvalue weighted by atomic mass is 79.9. The topological polar surface area (TPSA) is 3.24 Å². The van der Waals surface area contributed by atoms with Crippen LogP contribution < -0.4 is 0 Å². The average Bonchev–Trinajstić information content (AvgIpc) is 2.26. The standard InChI is InChI=1S/C13H20BrN/c1-3-15(10-6-9-14)11-13-8-5-4-7-12(13)2/h4-5,7-8H,3,6,9-11H2,1-2H3. The Hall–Kier alpha value is -0.340. The van der Waals surface area contributed by atoms with Crippen LogP contribution in [0.3, 0.4) is 0 Å². The Morgan fingerprint density at radius 1 is 1.27 bits per heavy atom. The minimum absolute atomic E-state index is 1.08. The Morgan fingerprint density at radius 2 is 2.00 bits per heavy atom. The first kappa shape index (κ1) is 12.7. The molecule has 1 aromatic rings. The van der Waals surface area contributed by atoms with Crippen LogP contribution in [0.15, 0.2) is 24.3 Å². The van der Waals surface area contributed by atoms with E-state index in [2.05, 4.69) is 58.9 Å². The van der Waals surface area contributed by atoms with Gasteiger partial charge in [-0.15, -0.1) is 0 Å². The van der Waals surface area contributed by atoms with Crippen LogP contribution in [-0.2, 0) is 6.54 Å². The van der Waals surface area contributed by atoms with Crippen molar-refractivity contribution in [3.05, 3.63) is 35.4 Å². The van der Waals surface area contributed by atoms with Crippen LogP contribution in [0.4, 0.5) is 0 Å². The van der Waals surface area contributed by atoms with Gasteiger partial charge in [0, 0.05) is 11.9 Å². The van der Waals surface area contributed by atoms with E-state index < -0.39 is 0 Å². The molecule has 0 radical (unpaired) electrons. The molecule has 1 rings (SSSR count). The molecular weight excluding hydrogens is 250 g/mol. The van der Waals surface area contributed by atoms with E-state index in [1.54, 1.807) is 0 Å². The number of hydrogen-bond acceptors (Lipinski definition) is 1. The predicted octanol–water partition coefficient (Wildman–Crippen LogP) is 3.60. The molecule has 0 saturated heterocycles. The van der Waals surface area contributed by atoms with Gasteiger partial charge < -0.3 is 0 Å². The lowest BCUT2D eigenvalue weighted by atomic mass is 10.1. The summed E-state index contributed by atoms with van der Waals surface area (Å²) in [5, 5.41) is 1.09. The molecule has 0 amide bonds. The molecular formula is C13H20BrN. The van der Waals surface area contributed by atoms with Gasteiger partial charge in [-0.25, -0.2) is 0 Å². The summed E-state index contributed by atoms with van der Waals surface area (Å²) in [4.78, 5) is 2.49. The van der Waals surface area contributed by atoms with E-state index in [-0.39, 0.29) is 0 Å². The van der Waals surface area contributed by atoms with Gasteiger partial charge in [0.25, 0.3) is 0 Å². The number of benzene rings is 1. The largest absolute Gasteiger partial charge is 0.299 e. The molecule has 0 N–H and O–H groups in total. The maximum absolute atomic E-state index is 3.48. The third-order valence-corrected chi connectivity index (χ3v) is 3.27. The number of rotatable bonds is 6. The number of aryl methyl sites for hydroxylation is 1. The molecule has 1 nitrogen and oxygen atoms in total. The lowest BCUT2D eigenvalue weighted by Crippen LogP contribution is -2.24. The summed E-state index contributed by atoms with van der Waals surface area (Å²) < 4.78 is 0. The van der Waals surface area contributed by atoms with E-state index in [1.807, 2.05) is 0 Å². The second kappa shape index (κ2) is 7.02. The van der Waals surface area contributed by atoms with E-state index >= 15 is 0 Å². The van der Waals surface area contributed by atoms with Gasteiger partial charge in [0.15, 0.2) is 0 Å². The average molecular weight is 270 g/mol. The Labute approximate surface area is 102 Å². The molecule has 2 heteroatoms. The van der Waals surface area contributed by atoms with Crippen molar-refractivity contribution in [3.8, 4) is 0 Å². The first-order chi connectivity index (χ1) is 7.27. The lowest BCUT2D eigenvalue weighted by Gasteiger charge is -2.20. The van der Waals surface area contributed by atoms with Gasteiger partial charge in [0.05, 0.1) is 0 Å². The molecule has 84 valence electrons. The van der Waals surface area contributed by atoms with Gasteiger partial charge in [0.1, 0.15) is 0 Å². The maximum atomic E-state index is 3.48. The molecule has 0 spiro atoms. The van der Waals surface area contributed by atoms with Gasteiger partial charge >= 0.3 is 0 Å². The van der Waals surface area contributed by atoms with Crippen molar-refractivity contribution in [3.63, 3.8) is 0 Å². The van der Waals surface area contributed by atoms with Crippen molar-refractivity contribution >= 4 is 15.9 Å². The van der Waals surface area contributed by atoms with Crippen molar-refractivity contribution in [2.24, 2.45) is 0 Å². The fourth-order valence-electron chi connectivity index (χ4n) is 1.66. The molecule has 0 aliphatic carbocycles. The van der Waals surface area contributed by atoms with Gasteiger partial charge in [-0.05, 0) is 37.6 Å². The quantitative estimate of drug-likeness (QED) is 0.714. The number of hydrogen-bond donors (Lipinski definition) is 0. The van der Waals surface area contributed by atoms with Crippen LogP contribution in [0.2, 0.25) is 0 Å². The SMILES string of the molecule is CCN(CCCBr)Cc1ccccc1C. The third kappa shape index (κ3) is 4.35. The zero-order valence-electron chi connectivity index (χ0n) is 9.67. The Bertz CT molecular complexity index is 286. The third-order valence-electron chi connectivity index (χ3n) is 2.71. The molecule has 0 saturated carbocycles. The Balaban J connectivity index is 2.54. The van der Waals surface area contributed by atoms with E-state index in [0.29, 0.717) is 0 Å². The van der Waals surface area contributed by atoms with Crippen LogP contribution in [0.25, 0.3) is 0 Å². The number of nitrogens with zero attached hydrogens (tertiary/aromatic N) is 1. The fourth-order valence-corrected chi connectivity index (χ4v) is 1.91. The van der Waals surface area contributed by atoms with Crippen LogP contribution >= 0.6 is 15.9 Å². The summed E-state index contributed by atoms with van der Waals surface area (Å²) in [6.07, 6.45) is 1.22. The summed E-state index contributed by atoms with van der Waals surface area (Å²) in [7, 11) is 0. The lowest BCUT2D eigenvalue weighted by molar-refractivity contribution is 0.281. The predicted molar refractivity (Wildman–Crippen MR) is 70.5 cm³/mol. The van der Waals surface area contributed by atoms with E-state index in [4.69, 9.17) is 0 Å². The first-order valence-corrected chi connectivity index (χ1v) is 6.73. The zero-order valence-corrected chi connectivity index (χ0v) is 11.3. The molecule has 0 aliphatic heterocycles. The molecule has 0 bridgehead atoms.